The fourth-order valence-electron chi connectivity index (χ4n) is 3.76. The summed E-state index contributed by atoms with van der Waals surface area (Å²) in [6.07, 6.45) is 17.3. The van der Waals surface area contributed by atoms with Crippen LogP contribution in [0.3, 0.4) is 0 Å². The van der Waals surface area contributed by atoms with E-state index in [1.165, 1.54) is 0 Å². The monoisotopic (exact) mass is 352 g/mol. The van der Waals surface area contributed by atoms with Crippen LogP contribution in [0.1, 0.15) is 71.1 Å². The SMILES string of the molecule is C[C@@H]1C[C@H](O)[C@@H](CC=CCCCC(=O)O)[C@H]1C=CCCCCCCO. The Morgan fingerprint density at radius 1 is 1.04 bits per heavy atom. The molecule has 4 heteroatoms. The van der Waals surface area contributed by atoms with Crippen LogP contribution in [0.4, 0.5) is 0 Å². The number of carboxylic acid groups (broad SMARTS) is 1. The van der Waals surface area contributed by atoms with Crippen molar-refractivity contribution in [3.8, 4) is 0 Å². The lowest BCUT2D eigenvalue weighted by atomic mass is 9.87. The average molecular weight is 353 g/mol. The Kier molecular flexibility index (Phi) is 11.5. The summed E-state index contributed by atoms with van der Waals surface area (Å²) in [6.45, 7) is 2.51. The first-order valence-corrected chi connectivity index (χ1v) is 9.88. The van der Waals surface area contributed by atoms with E-state index < -0.39 is 5.97 Å². The summed E-state index contributed by atoms with van der Waals surface area (Å²) in [6, 6.07) is 0. The Morgan fingerprint density at radius 2 is 1.76 bits per heavy atom. The Balaban J connectivity index is 2.34. The normalized spacial score (nSPS) is 26.8. The van der Waals surface area contributed by atoms with Crippen molar-refractivity contribution in [2.75, 3.05) is 6.61 Å². The van der Waals surface area contributed by atoms with E-state index in [4.69, 9.17) is 10.2 Å². The van der Waals surface area contributed by atoms with E-state index in [0.717, 1.165) is 51.4 Å². The lowest BCUT2D eigenvalue weighted by Gasteiger charge is -2.20. The standard InChI is InChI=1S/C21H36O4/c1-17-16-20(23)19(13-9-5-6-10-14-21(24)25)18(17)12-8-4-2-3-7-11-15-22/h5,8-9,12,17-20,22-23H,2-4,6-7,10-11,13-16H2,1H3,(H,24,25)/t17-,18+,19+,20+/m1/s1. The van der Waals surface area contributed by atoms with Crippen LogP contribution in [-0.4, -0.2) is 34.0 Å². The summed E-state index contributed by atoms with van der Waals surface area (Å²) >= 11 is 0. The Bertz CT molecular complexity index is 416. The molecule has 144 valence electrons. The van der Waals surface area contributed by atoms with Crippen LogP contribution in [0.25, 0.3) is 0 Å². The lowest BCUT2D eigenvalue weighted by molar-refractivity contribution is -0.137. The molecule has 0 bridgehead atoms. The minimum atomic E-state index is -0.741. The number of aliphatic hydroxyl groups is 2. The smallest absolute Gasteiger partial charge is 0.303 e. The maximum Gasteiger partial charge on any atom is 0.303 e. The van der Waals surface area contributed by atoms with Crippen molar-refractivity contribution in [2.45, 2.75) is 77.2 Å². The molecule has 1 rings (SSSR count). The van der Waals surface area contributed by atoms with E-state index in [0.29, 0.717) is 24.9 Å². The van der Waals surface area contributed by atoms with Gasteiger partial charge >= 0.3 is 5.97 Å². The molecule has 1 aliphatic carbocycles. The summed E-state index contributed by atoms with van der Waals surface area (Å²) < 4.78 is 0. The summed E-state index contributed by atoms with van der Waals surface area (Å²) in [4.78, 5) is 10.5. The lowest BCUT2D eigenvalue weighted by Crippen LogP contribution is -2.18. The van der Waals surface area contributed by atoms with Gasteiger partial charge in [-0.05, 0) is 62.7 Å². The number of carbonyl (C=O) groups is 1. The third-order valence-electron chi connectivity index (χ3n) is 5.23. The number of rotatable bonds is 13. The van der Waals surface area contributed by atoms with E-state index in [1.54, 1.807) is 0 Å². The van der Waals surface area contributed by atoms with Gasteiger partial charge in [0.2, 0.25) is 0 Å². The van der Waals surface area contributed by atoms with Gasteiger partial charge in [-0.2, -0.15) is 0 Å². The van der Waals surface area contributed by atoms with Gasteiger partial charge < -0.3 is 15.3 Å². The summed E-state index contributed by atoms with van der Waals surface area (Å²) in [7, 11) is 0. The Morgan fingerprint density at radius 3 is 2.48 bits per heavy atom. The molecular formula is C21H36O4. The predicted octanol–water partition coefficient (Wildman–Crippen LogP) is 4.32. The van der Waals surface area contributed by atoms with Gasteiger partial charge in [0.1, 0.15) is 0 Å². The van der Waals surface area contributed by atoms with Crippen molar-refractivity contribution in [3.63, 3.8) is 0 Å². The molecule has 3 N–H and O–H groups in total. The highest BCUT2D eigenvalue weighted by Crippen LogP contribution is 2.40. The number of hydrogen-bond donors (Lipinski definition) is 3. The Labute approximate surface area is 152 Å². The number of aliphatic carboxylic acids is 1. The first-order valence-electron chi connectivity index (χ1n) is 9.88. The third-order valence-corrected chi connectivity index (χ3v) is 5.23. The number of unbranched alkanes of at least 4 members (excludes halogenated alkanes) is 5. The van der Waals surface area contributed by atoms with Crippen LogP contribution in [0.5, 0.6) is 0 Å². The zero-order chi connectivity index (χ0) is 18.5. The van der Waals surface area contributed by atoms with Crippen molar-refractivity contribution >= 4 is 5.97 Å². The predicted molar refractivity (Wildman–Crippen MR) is 101 cm³/mol. The molecule has 0 radical (unpaired) electrons. The molecule has 0 amide bonds. The first kappa shape index (κ1) is 21.9. The van der Waals surface area contributed by atoms with Gasteiger partial charge in [0.05, 0.1) is 6.10 Å². The second-order valence-corrected chi connectivity index (χ2v) is 7.37. The topological polar surface area (TPSA) is 77.8 Å². The van der Waals surface area contributed by atoms with E-state index in [9.17, 15) is 9.90 Å². The zero-order valence-electron chi connectivity index (χ0n) is 15.6. The van der Waals surface area contributed by atoms with Crippen LogP contribution < -0.4 is 0 Å². The maximum atomic E-state index is 10.5. The summed E-state index contributed by atoms with van der Waals surface area (Å²) in [5.41, 5.74) is 0. The molecule has 4 nitrogen and oxygen atoms in total. The van der Waals surface area contributed by atoms with Crippen LogP contribution >= 0.6 is 0 Å². The van der Waals surface area contributed by atoms with Crippen LogP contribution in [0.15, 0.2) is 24.3 Å². The minimum absolute atomic E-state index is 0.219. The second kappa shape index (κ2) is 13.1. The molecule has 0 aromatic rings. The molecule has 0 aliphatic heterocycles. The van der Waals surface area contributed by atoms with Gasteiger partial charge in [0.25, 0.3) is 0 Å². The van der Waals surface area contributed by atoms with E-state index >= 15 is 0 Å². The van der Waals surface area contributed by atoms with E-state index in [2.05, 4.69) is 31.2 Å². The number of hydrogen-bond acceptors (Lipinski definition) is 3. The van der Waals surface area contributed by atoms with E-state index in [-0.39, 0.29) is 18.4 Å². The highest BCUT2D eigenvalue weighted by atomic mass is 16.4. The minimum Gasteiger partial charge on any atom is -0.481 e. The third kappa shape index (κ3) is 9.22. The van der Waals surface area contributed by atoms with Crippen LogP contribution in [-0.2, 0) is 4.79 Å². The van der Waals surface area contributed by atoms with E-state index in [1.807, 2.05) is 0 Å². The first-order chi connectivity index (χ1) is 12.1. The van der Waals surface area contributed by atoms with Gasteiger partial charge in [-0.1, -0.05) is 44.1 Å². The van der Waals surface area contributed by atoms with Crippen LogP contribution in [0, 0.1) is 17.8 Å². The molecule has 0 heterocycles. The van der Waals surface area contributed by atoms with Crippen molar-refractivity contribution in [1.29, 1.82) is 0 Å². The molecule has 0 saturated heterocycles. The molecular weight excluding hydrogens is 316 g/mol. The van der Waals surface area contributed by atoms with Gasteiger partial charge in [0, 0.05) is 13.0 Å². The largest absolute Gasteiger partial charge is 0.481 e. The maximum absolute atomic E-state index is 10.5. The number of aliphatic hydroxyl groups excluding tert-OH is 2. The molecule has 25 heavy (non-hydrogen) atoms. The van der Waals surface area contributed by atoms with Crippen molar-refractivity contribution in [3.05, 3.63) is 24.3 Å². The van der Waals surface area contributed by atoms with Gasteiger partial charge in [-0.25, -0.2) is 0 Å². The quantitative estimate of drug-likeness (QED) is 0.341. The van der Waals surface area contributed by atoms with Gasteiger partial charge in [-0.15, -0.1) is 0 Å². The summed E-state index contributed by atoms with van der Waals surface area (Å²) in [5.74, 6) is 0.466. The molecule has 1 aliphatic rings. The highest BCUT2D eigenvalue weighted by Gasteiger charge is 2.37. The highest BCUT2D eigenvalue weighted by molar-refractivity contribution is 5.66. The Hall–Kier alpha value is -1.13. The van der Waals surface area contributed by atoms with Gasteiger partial charge in [-0.3, -0.25) is 4.79 Å². The molecule has 0 aromatic carbocycles. The number of allylic oxidation sites excluding steroid dienone is 4. The summed E-state index contributed by atoms with van der Waals surface area (Å²) in [5, 5.41) is 27.7. The zero-order valence-corrected chi connectivity index (χ0v) is 15.6. The van der Waals surface area contributed by atoms with Crippen molar-refractivity contribution in [1.82, 2.24) is 0 Å². The van der Waals surface area contributed by atoms with Crippen molar-refractivity contribution < 1.29 is 20.1 Å². The second-order valence-electron chi connectivity index (χ2n) is 7.37. The molecule has 1 saturated carbocycles. The van der Waals surface area contributed by atoms with Gasteiger partial charge in [0.15, 0.2) is 0 Å². The molecule has 0 unspecified atom stereocenters. The van der Waals surface area contributed by atoms with Crippen LogP contribution in [0.2, 0.25) is 0 Å². The molecule has 4 atom stereocenters. The fraction of sp³-hybridized carbons (Fsp3) is 0.762. The molecule has 0 spiro atoms. The fourth-order valence-corrected chi connectivity index (χ4v) is 3.76. The average Bonchev–Trinajstić information content (AvgIpc) is 2.83. The molecule has 1 fully saturated rings. The number of carboxylic acids is 1. The van der Waals surface area contributed by atoms with Crippen molar-refractivity contribution in [2.24, 2.45) is 17.8 Å². The molecule has 0 aromatic heterocycles.